The molecule has 4 aliphatic carbocycles. The predicted octanol–water partition coefficient (Wildman–Crippen LogP) is 3.00. The Morgan fingerprint density at radius 3 is 2.81 bits per heavy atom. The van der Waals surface area contributed by atoms with Gasteiger partial charge in [0.1, 0.15) is 5.65 Å². The fourth-order valence-corrected chi connectivity index (χ4v) is 6.12. The van der Waals surface area contributed by atoms with E-state index < -0.39 is 11.9 Å². The summed E-state index contributed by atoms with van der Waals surface area (Å²) in [5.74, 6) is 1.31. The van der Waals surface area contributed by atoms with E-state index in [0.29, 0.717) is 34.8 Å². The summed E-state index contributed by atoms with van der Waals surface area (Å²) in [5, 5.41) is 23.0. The Morgan fingerprint density at radius 2 is 2.00 bits per heavy atom. The maximum Gasteiger partial charge on any atom is 0.308 e. The van der Waals surface area contributed by atoms with E-state index in [1.54, 1.807) is 12.4 Å². The van der Waals surface area contributed by atoms with Crippen LogP contribution in [0.25, 0.3) is 11.0 Å². The zero-order valence-electron chi connectivity index (χ0n) is 16.9. The normalized spacial score (nSPS) is 31.4. The Kier molecular flexibility index (Phi) is 4.03. The van der Waals surface area contributed by atoms with Gasteiger partial charge in [0.25, 0.3) is 0 Å². The maximum absolute atomic E-state index is 12.2. The number of carbonyl (C=O) groups is 1. The van der Waals surface area contributed by atoms with Crippen LogP contribution in [-0.4, -0.2) is 43.7 Å². The van der Waals surface area contributed by atoms with Crippen LogP contribution in [0.2, 0.25) is 0 Å². The van der Waals surface area contributed by atoms with Crippen LogP contribution < -0.4 is 5.32 Å². The summed E-state index contributed by atoms with van der Waals surface area (Å²) >= 11 is 0. The quantitative estimate of drug-likeness (QED) is 0.331. The Balaban J connectivity index is 1.36. The molecule has 0 spiro atoms. The number of hydrogen-bond donors (Lipinski definition) is 5. The van der Waals surface area contributed by atoms with Gasteiger partial charge in [-0.15, -0.1) is 0 Å². The monoisotopic (exact) mass is 416 g/mol. The van der Waals surface area contributed by atoms with E-state index in [2.05, 4.69) is 25.3 Å². The molecular formula is C23H24N6O2. The molecule has 8 nitrogen and oxygen atoms in total. The number of hydrogen-bond acceptors (Lipinski definition) is 3. The molecule has 4 saturated carbocycles. The number of fused-ring (bicyclic) bond motifs is 3. The average molecular weight is 416 g/mol. The van der Waals surface area contributed by atoms with Crippen molar-refractivity contribution in [3.63, 3.8) is 0 Å². The summed E-state index contributed by atoms with van der Waals surface area (Å²) in [6.07, 6.45) is 8.49. The third kappa shape index (κ3) is 2.89. The second kappa shape index (κ2) is 6.80. The number of carboxylic acids is 1. The summed E-state index contributed by atoms with van der Waals surface area (Å²) in [4.78, 5) is 27.4. The number of rotatable bonds is 4. The van der Waals surface area contributed by atoms with Gasteiger partial charge in [0.2, 0.25) is 0 Å². The van der Waals surface area contributed by atoms with Crippen LogP contribution in [0.5, 0.6) is 0 Å². The number of nitrogens with one attached hydrogen (secondary N) is 4. The van der Waals surface area contributed by atoms with Crippen LogP contribution in [0.4, 0.5) is 0 Å². The third-order valence-corrected chi connectivity index (χ3v) is 7.51. The fourth-order valence-electron chi connectivity index (χ4n) is 6.12. The fraction of sp³-hybridized carbons (Fsp3) is 0.391. The number of pyridine rings is 1. The second-order valence-corrected chi connectivity index (χ2v) is 9.00. The molecule has 0 aliphatic heterocycles. The Morgan fingerprint density at radius 1 is 1.16 bits per heavy atom. The van der Waals surface area contributed by atoms with E-state index in [1.165, 1.54) is 0 Å². The second-order valence-electron chi connectivity index (χ2n) is 9.00. The van der Waals surface area contributed by atoms with Crippen molar-refractivity contribution >= 4 is 28.7 Å². The lowest BCUT2D eigenvalue weighted by atomic mass is 9.61. The van der Waals surface area contributed by atoms with Gasteiger partial charge in [-0.2, -0.15) is 0 Å². The molecule has 2 bridgehead atoms. The molecule has 0 amide bonds. The van der Waals surface area contributed by atoms with Crippen LogP contribution in [0.1, 0.15) is 30.5 Å². The molecule has 3 aromatic heterocycles. The largest absolute Gasteiger partial charge is 0.481 e. The first-order valence-corrected chi connectivity index (χ1v) is 10.8. The third-order valence-electron chi connectivity index (χ3n) is 7.51. The van der Waals surface area contributed by atoms with E-state index in [9.17, 15) is 9.90 Å². The van der Waals surface area contributed by atoms with Crippen LogP contribution in [0, 0.1) is 35.0 Å². The van der Waals surface area contributed by atoms with Gasteiger partial charge in [-0.25, -0.2) is 9.98 Å². The SMILES string of the molecule is N=C(/N=C(/N[C@H]1[C@@H]2CC[C@@H]([C@@H]3C[C@@H]32)[C@@H]1C(=O)O)c1ccc[nH]1)c1c[nH]c2ncccc12. The predicted molar refractivity (Wildman–Crippen MR) is 116 cm³/mol. The molecular weight excluding hydrogens is 392 g/mol. The molecule has 0 saturated heterocycles. The Hall–Kier alpha value is -3.42. The standard InChI is InChI=1S/C23H24N6O2/c24-20(16-10-27-21-13(16)3-1-8-26-21)29-22(17-4-2-7-25-17)28-19-12-6-5-11(14-9-15(12)14)18(19)23(30)31/h1-4,7-8,10-12,14-15,18-19,25H,5-6,9H2,(H,26,27)(H,30,31)(H2,24,28,29)/t11-,12+,14-,15+,18-,19-/m0/s1. The molecule has 4 fully saturated rings. The molecule has 7 rings (SSSR count). The van der Waals surface area contributed by atoms with Gasteiger partial charge in [-0.3, -0.25) is 10.2 Å². The highest BCUT2D eigenvalue weighted by Crippen LogP contribution is 2.64. The van der Waals surface area contributed by atoms with Crippen LogP contribution in [-0.2, 0) is 4.79 Å². The molecule has 158 valence electrons. The number of nitrogens with zero attached hydrogens (tertiary/aromatic N) is 2. The van der Waals surface area contributed by atoms with E-state index >= 15 is 0 Å². The first kappa shape index (κ1) is 18.4. The Labute approximate surface area is 178 Å². The molecule has 31 heavy (non-hydrogen) atoms. The lowest BCUT2D eigenvalue weighted by molar-refractivity contribution is -0.149. The van der Waals surface area contributed by atoms with Gasteiger partial charge < -0.3 is 20.4 Å². The van der Waals surface area contributed by atoms with Crippen molar-refractivity contribution in [2.24, 2.45) is 34.6 Å². The molecule has 0 aromatic carbocycles. The number of aliphatic carboxylic acids is 1. The summed E-state index contributed by atoms with van der Waals surface area (Å²) in [6.45, 7) is 0. The van der Waals surface area contributed by atoms with Crippen molar-refractivity contribution in [3.05, 3.63) is 54.1 Å². The van der Waals surface area contributed by atoms with E-state index in [0.717, 1.165) is 30.3 Å². The number of carboxylic acid groups (broad SMARTS) is 1. The van der Waals surface area contributed by atoms with E-state index in [4.69, 9.17) is 5.41 Å². The van der Waals surface area contributed by atoms with Crippen LogP contribution in [0.15, 0.2) is 47.8 Å². The van der Waals surface area contributed by atoms with Crippen molar-refractivity contribution < 1.29 is 9.90 Å². The first-order chi connectivity index (χ1) is 15.1. The van der Waals surface area contributed by atoms with Crippen molar-refractivity contribution in [3.8, 4) is 0 Å². The van der Waals surface area contributed by atoms with Crippen molar-refractivity contribution in [2.75, 3.05) is 0 Å². The molecule has 8 heteroatoms. The lowest BCUT2D eigenvalue weighted by Gasteiger charge is -2.47. The van der Waals surface area contributed by atoms with Crippen LogP contribution in [0.3, 0.4) is 0 Å². The minimum absolute atomic E-state index is 0.105. The van der Waals surface area contributed by atoms with Gasteiger partial charge in [-0.1, -0.05) is 0 Å². The highest BCUT2D eigenvalue weighted by molar-refractivity contribution is 6.14. The van der Waals surface area contributed by atoms with Crippen molar-refractivity contribution in [1.29, 1.82) is 5.41 Å². The molecule has 4 aliphatic rings. The number of aromatic amines is 2. The highest BCUT2D eigenvalue weighted by Gasteiger charge is 2.63. The van der Waals surface area contributed by atoms with Gasteiger partial charge >= 0.3 is 5.97 Å². The number of aromatic nitrogens is 3. The van der Waals surface area contributed by atoms with Gasteiger partial charge in [0.05, 0.1) is 11.6 Å². The summed E-state index contributed by atoms with van der Waals surface area (Å²) < 4.78 is 0. The topological polar surface area (TPSA) is 130 Å². The number of amidine groups is 2. The molecule has 5 N–H and O–H groups in total. The molecule has 0 radical (unpaired) electrons. The van der Waals surface area contributed by atoms with Crippen molar-refractivity contribution in [2.45, 2.75) is 25.3 Å². The molecule has 3 heterocycles. The minimum atomic E-state index is -0.721. The molecule has 6 atom stereocenters. The minimum Gasteiger partial charge on any atom is -0.481 e. The van der Waals surface area contributed by atoms with Crippen LogP contribution >= 0.6 is 0 Å². The first-order valence-electron chi connectivity index (χ1n) is 10.8. The number of H-pyrrole nitrogens is 2. The summed E-state index contributed by atoms with van der Waals surface area (Å²) in [5.41, 5.74) is 2.12. The lowest BCUT2D eigenvalue weighted by Crippen LogP contribution is -2.57. The average Bonchev–Trinajstić information content (AvgIpc) is 3.22. The van der Waals surface area contributed by atoms with Gasteiger partial charge in [-0.05, 0) is 67.2 Å². The summed E-state index contributed by atoms with van der Waals surface area (Å²) in [6, 6.07) is 7.35. The highest BCUT2D eigenvalue weighted by atomic mass is 16.4. The van der Waals surface area contributed by atoms with Crippen molar-refractivity contribution in [1.82, 2.24) is 20.3 Å². The van der Waals surface area contributed by atoms with Gasteiger partial charge in [0, 0.05) is 35.6 Å². The van der Waals surface area contributed by atoms with Gasteiger partial charge in [0.15, 0.2) is 11.7 Å². The molecule has 0 unspecified atom stereocenters. The molecule has 3 aromatic rings. The van der Waals surface area contributed by atoms with E-state index in [-0.39, 0.29) is 17.8 Å². The summed E-state index contributed by atoms with van der Waals surface area (Å²) in [7, 11) is 0. The van der Waals surface area contributed by atoms with E-state index in [1.807, 2.05) is 30.5 Å². The maximum atomic E-state index is 12.2. The number of aliphatic imine (C=N–C) groups is 1. The zero-order valence-corrected chi connectivity index (χ0v) is 16.9. The zero-order chi connectivity index (χ0) is 21.1. The Bertz CT molecular complexity index is 1200. The smallest absolute Gasteiger partial charge is 0.308 e.